The topological polar surface area (TPSA) is 79.3 Å². The van der Waals surface area contributed by atoms with Crippen LogP contribution in [0.15, 0.2) is 6.20 Å². The Labute approximate surface area is 105 Å². The number of aliphatic hydroxyl groups excluding tert-OH is 1. The molecule has 1 aromatic rings. The summed E-state index contributed by atoms with van der Waals surface area (Å²) in [4.78, 5) is 14.6. The summed E-state index contributed by atoms with van der Waals surface area (Å²) in [6.07, 6.45) is 1.60. The lowest BCUT2D eigenvalue weighted by atomic mass is 10.3. The molecule has 1 atom stereocenters. The lowest BCUT2D eigenvalue weighted by Gasteiger charge is -2.15. The highest BCUT2D eigenvalue weighted by molar-refractivity contribution is 7.71. The predicted octanol–water partition coefficient (Wildman–Crippen LogP) is 0.362. The number of rotatable bonds is 6. The fraction of sp³-hybridized carbons (Fsp3) is 0.600. The minimum absolute atomic E-state index is 0.160. The van der Waals surface area contributed by atoms with Crippen LogP contribution in [0.25, 0.3) is 0 Å². The van der Waals surface area contributed by atoms with Crippen molar-refractivity contribution in [3.63, 3.8) is 0 Å². The summed E-state index contributed by atoms with van der Waals surface area (Å²) >= 11 is 5.06. The molecular weight excluding hydrogens is 242 g/mol. The van der Waals surface area contributed by atoms with Crippen LogP contribution in [-0.4, -0.2) is 40.8 Å². The Kier molecular flexibility index (Phi) is 5.33. The van der Waals surface area contributed by atoms with Gasteiger partial charge in [-0.2, -0.15) is 0 Å². The van der Waals surface area contributed by atoms with E-state index >= 15 is 0 Å². The van der Waals surface area contributed by atoms with E-state index in [1.165, 1.54) is 0 Å². The molecule has 1 aromatic heterocycles. The Hall–Kier alpha value is -1.18. The summed E-state index contributed by atoms with van der Waals surface area (Å²) in [5.41, 5.74) is 0.587. The van der Waals surface area contributed by atoms with E-state index in [2.05, 4.69) is 10.3 Å². The molecule has 0 spiro atoms. The minimum atomic E-state index is -0.465. The molecule has 0 aliphatic heterocycles. The summed E-state index contributed by atoms with van der Waals surface area (Å²) in [5.74, 6) is -0.160. The van der Waals surface area contributed by atoms with Crippen molar-refractivity contribution < 1.29 is 14.6 Å². The molecule has 0 fully saturated rings. The molecule has 1 rings (SSSR count). The van der Waals surface area contributed by atoms with Crippen molar-refractivity contribution in [2.45, 2.75) is 19.6 Å². The van der Waals surface area contributed by atoms with Gasteiger partial charge >= 0.3 is 0 Å². The third-order valence-electron chi connectivity index (χ3n) is 2.42. The Morgan fingerprint density at radius 2 is 2.47 bits per heavy atom. The highest BCUT2D eigenvalue weighted by Crippen LogP contribution is 2.11. The second kappa shape index (κ2) is 6.53. The van der Waals surface area contributed by atoms with Crippen LogP contribution in [0.4, 0.5) is 0 Å². The number of aliphatic hydroxyl groups is 1. The van der Waals surface area contributed by atoms with Crippen molar-refractivity contribution in [1.29, 1.82) is 0 Å². The van der Waals surface area contributed by atoms with E-state index in [0.29, 0.717) is 23.6 Å². The van der Waals surface area contributed by atoms with Crippen LogP contribution in [0.5, 0.6) is 0 Å². The van der Waals surface area contributed by atoms with Crippen molar-refractivity contribution >= 4 is 18.1 Å². The van der Waals surface area contributed by atoms with Crippen LogP contribution >= 0.6 is 12.2 Å². The van der Waals surface area contributed by atoms with Gasteiger partial charge in [-0.05, 0) is 19.1 Å². The van der Waals surface area contributed by atoms with Gasteiger partial charge < -0.3 is 24.7 Å². The number of methoxy groups -OCH3 is 1. The molecule has 17 heavy (non-hydrogen) atoms. The molecule has 0 radical (unpaired) electrons. The van der Waals surface area contributed by atoms with Crippen molar-refractivity contribution in [2.75, 3.05) is 20.3 Å². The number of hydrogen-bond donors (Lipinski definition) is 3. The SMILES string of the molecule is COCCNC(=O)C(C)n1c(CO)c[nH]c1=S. The van der Waals surface area contributed by atoms with Crippen molar-refractivity contribution in [2.24, 2.45) is 0 Å². The molecule has 0 aliphatic rings. The summed E-state index contributed by atoms with van der Waals surface area (Å²) < 4.78 is 6.86. The Morgan fingerprint density at radius 1 is 1.76 bits per heavy atom. The van der Waals surface area contributed by atoms with E-state index in [1.807, 2.05) is 0 Å². The van der Waals surface area contributed by atoms with Crippen molar-refractivity contribution in [3.8, 4) is 0 Å². The van der Waals surface area contributed by atoms with Gasteiger partial charge in [0.15, 0.2) is 4.77 Å². The van der Waals surface area contributed by atoms with Gasteiger partial charge in [-0.3, -0.25) is 4.79 Å². The zero-order valence-electron chi connectivity index (χ0n) is 9.90. The first kappa shape index (κ1) is 13.9. The summed E-state index contributed by atoms with van der Waals surface area (Å²) in [5, 5.41) is 11.9. The Balaban J connectivity index is 2.74. The summed E-state index contributed by atoms with van der Waals surface area (Å²) in [6.45, 7) is 2.48. The summed E-state index contributed by atoms with van der Waals surface area (Å²) in [6, 6.07) is -0.465. The van der Waals surface area contributed by atoms with E-state index in [9.17, 15) is 4.79 Å². The Bertz CT molecular complexity index is 427. The highest BCUT2D eigenvalue weighted by atomic mass is 32.1. The first-order valence-corrected chi connectivity index (χ1v) is 5.69. The maximum atomic E-state index is 11.8. The fourth-order valence-corrected chi connectivity index (χ4v) is 1.84. The molecule has 6 nitrogen and oxygen atoms in total. The van der Waals surface area contributed by atoms with Gasteiger partial charge in [0.2, 0.25) is 5.91 Å². The molecule has 96 valence electrons. The number of amides is 1. The van der Waals surface area contributed by atoms with E-state index in [0.717, 1.165) is 0 Å². The smallest absolute Gasteiger partial charge is 0.242 e. The number of imidazole rings is 1. The number of aromatic nitrogens is 2. The number of hydrogen-bond acceptors (Lipinski definition) is 4. The monoisotopic (exact) mass is 259 g/mol. The zero-order valence-corrected chi connectivity index (χ0v) is 10.7. The highest BCUT2D eigenvalue weighted by Gasteiger charge is 2.17. The number of carbonyl (C=O) groups is 1. The molecule has 0 aliphatic carbocycles. The van der Waals surface area contributed by atoms with Gasteiger partial charge in [0.25, 0.3) is 0 Å². The van der Waals surface area contributed by atoms with Crippen LogP contribution in [0.3, 0.4) is 0 Å². The van der Waals surface area contributed by atoms with Crippen LogP contribution < -0.4 is 5.32 Å². The quantitative estimate of drug-likeness (QED) is 0.509. The van der Waals surface area contributed by atoms with E-state index < -0.39 is 6.04 Å². The van der Waals surface area contributed by atoms with Gasteiger partial charge in [0, 0.05) is 19.9 Å². The van der Waals surface area contributed by atoms with Crippen molar-refractivity contribution in [1.82, 2.24) is 14.9 Å². The molecule has 1 amide bonds. The van der Waals surface area contributed by atoms with Crippen LogP contribution in [0, 0.1) is 4.77 Å². The molecule has 1 unspecified atom stereocenters. The molecule has 7 heteroatoms. The zero-order chi connectivity index (χ0) is 12.8. The van der Waals surface area contributed by atoms with Gasteiger partial charge in [-0.1, -0.05) is 0 Å². The molecule has 0 saturated heterocycles. The molecule has 0 aromatic carbocycles. The van der Waals surface area contributed by atoms with Gasteiger partial charge in [0.05, 0.1) is 18.9 Å². The number of carbonyl (C=O) groups excluding carboxylic acids is 1. The molecule has 3 N–H and O–H groups in total. The van der Waals surface area contributed by atoms with Gasteiger partial charge in [-0.25, -0.2) is 0 Å². The number of ether oxygens (including phenoxy) is 1. The molecule has 1 heterocycles. The fourth-order valence-electron chi connectivity index (χ4n) is 1.50. The van der Waals surface area contributed by atoms with Gasteiger partial charge in [0.1, 0.15) is 6.04 Å². The number of aromatic amines is 1. The van der Waals surface area contributed by atoms with E-state index in [-0.39, 0.29) is 12.5 Å². The maximum absolute atomic E-state index is 11.8. The third kappa shape index (κ3) is 3.39. The second-order valence-electron chi connectivity index (χ2n) is 3.57. The average molecular weight is 259 g/mol. The number of nitrogens with zero attached hydrogens (tertiary/aromatic N) is 1. The second-order valence-corrected chi connectivity index (χ2v) is 3.96. The lowest BCUT2D eigenvalue weighted by molar-refractivity contribution is -0.124. The molecule has 0 bridgehead atoms. The number of H-pyrrole nitrogens is 1. The van der Waals surface area contributed by atoms with Crippen LogP contribution in [0.2, 0.25) is 0 Å². The minimum Gasteiger partial charge on any atom is -0.390 e. The largest absolute Gasteiger partial charge is 0.390 e. The molecule has 0 saturated carbocycles. The average Bonchev–Trinajstić information content (AvgIpc) is 2.69. The first-order valence-electron chi connectivity index (χ1n) is 5.28. The first-order chi connectivity index (χ1) is 8.11. The van der Waals surface area contributed by atoms with Gasteiger partial charge in [-0.15, -0.1) is 0 Å². The number of nitrogens with one attached hydrogen (secondary N) is 2. The predicted molar refractivity (Wildman–Crippen MR) is 65.1 cm³/mol. The molecular formula is C10H17N3O3S. The lowest BCUT2D eigenvalue weighted by Crippen LogP contribution is -2.33. The van der Waals surface area contributed by atoms with Crippen LogP contribution in [0.1, 0.15) is 18.7 Å². The Morgan fingerprint density at radius 3 is 3.06 bits per heavy atom. The third-order valence-corrected chi connectivity index (χ3v) is 2.74. The maximum Gasteiger partial charge on any atom is 0.242 e. The van der Waals surface area contributed by atoms with Crippen molar-refractivity contribution in [3.05, 3.63) is 16.7 Å². The normalized spacial score (nSPS) is 12.4. The van der Waals surface area contributed by atoms with Crippen LogP contribution in [-0.2, 0) is 16.1 Å². The summed E-state index contributed by atoms with van der Waals surface area (Å²) in [7, 11) is 1.57. The standard InChI is InChI=1S/C10H17N3O3S/c1-7(9(15)11-3-4-16-2)13-8(6-14)5-12-10(13)17/h5,7,14H,3-4,6H2,1-2H3,(H,11,15)(H,12,17). The van der Waals surface area contributed by atoms with E-state index in [1.54, 1.807) is 24.8 Å². The van der Waals surface area contributed by atoms with E-state index in [4.69, 9.17) is 22.1 Å².